The lowest BCUT2D eigenvalue weighted by atomic mass is 10.2. The maximum absolute atomic E-state index is 14.8. The summed E-state index contributed by atoms with van der Waals surface area (Å²) in [7, 11) is 5.04. The van der Waals surface area contributed by atoms with Crippen molar-refractivity contribution in [2.45, 2.75) is 0 Å². The number of hydrazine groups is 1. The summed E-state index contributed by atoms with van der Waals surface area (Å²) in [6.45, 7) is 1.90. The molecule has 1 saturated heterocycles. The molecule has 31 heavy (non-hydrogen) atoms. The number of rotatable bonds is 7. The third-order valence-electron chi connectivity index (χ3n) is 4.63. The van der Waals surface area contributed by atoms with E-state index in [1.54, 1.807) is 14.7 Å². The fourth-order valence-corrected chi connectivity index (χ4v) is 3.17. The van der Waals surface area contributed by atoms with Crippen molar-refractivity contribution in [2.24, 2.45) is 11.6 Å². The van der Waals surface area contributed by atoms with E-state index in [0.717, 1.165) is 17.1 Å². The first-order valence-corrected chi connectivity index (χ1v) is 10.0. The van der Waals surface area contributed by atoms with Crippen LogP contribution in [0.4, 0.5) is 20.2 Å². The largest absolute Gasteiger partial charge is 0.474 e. The molecule has 0 aliphatic carbocycles. The molecule has 2 rings (SSSR count). The number of hydrogen-bond donors (Lipinski definition) is 3. The molecule has 1 aromatic rings. The van der Waals surface area contributed by atoms with Gasteiger partial charge in [0.05, 0.1) is 25.9 Å². The lowest BCUT2D eigenvalue weighted by molar-refractivity contribution is -0.132. The minimum absolute atomic E-state index is 0.00940. The molecule has 9 nitrogen and oxygen atoms in total. The Labute approximate surface area is 186 Å². The molecule has 0 bridgehead atoms. The van der Waals surface area contributed by atoms with Gasteiger partial charge in [0.2, 0.25) is 5.91 Å². The lowest BCUT2D eigenvalue weighted by Gasteiger charge is -2.37. The molecule has 12 heteroatoms. The predicted molar refractivity (Wildman–Crippen MR) is 120 cm³/mol. The predicted octanol–water partition coefficient (Wildman–Crippen LogP) is 0.176. The van der Waals surface area contributed by atoms with Crippen molar-refractivity contribution in [1.29, 1.82) is 0 Å². The van der Waals surface area contributed by atoms with Crippen LogP contribution >= 0.6 is 12.2 Å². The zero-order valence-electron chi connectivity index (χ0n) is 17.9. The number of likely N-dealkylation sites (N-methyl/N-ethyl adjacent to an activating group) is 1. The van der Waals surface area contributed by atoms with Crippen molar-refractivity contribution in [2.75, 3.05) is 70.4 Å². The Morgan fingerprint density at radius 2 is 1.84 bits per heavy atom. The Hall–Kier alpha value is -2.70. The van der Waals surface area contributed by atoms with Crippen molar-refractivity contribution in [3.05, 3.63) is 35.7 Å². The van der Waals surface area contributed by atoms with E-state index in [-0.39, 0.29) is 34.7 Å². The molecule has 0 radical (unpaired) electrons. The molecule has 1 aromatic carbocycles. The van der Waals surface area contributed by atoms with Crippen LogP contribution in [-0.2, 0) is 9.53 Å². The van der Waals surface area contributed by atoms with Gasteiger partial charge >= 0.3 is 0 Å². The fourth-order valence-electron chi connectivity index (χ4n) is 3.10. The van der Waals surface area contributed by atoms with Gasteiger partial charge < -0.3 is 30.5 Å². The molecule has 0 unspecified atom stereocenters. The molecule has 1 heterocycles. The van der Waals surface area contributed by atoms with Crippen LogP contribution in [0.1, 0.15) is 0 Å². The number of methoxy groups -OCH3 is 1. The van der Waals surface area contributed by atoms with Crippen LogP contribution in [0.3, 0.4) is 0 Å². The first kappa shape index (κ1) is 24.6. The van der Waals surface area contributed by atoms with E-state index in [4.69, 9.17) is 28.5 Å². The van der Waals surface area contributed by atoms with Crippen molar-refractivity contribution >= 4 is 34.7 Å². The molecule has 1 aliphatic heterocycles. The average Bonchev–Trinajstić information content (AvgIpc) is 2.71. The Bertz CT molecular complexity index is 806. The number of hydrogen-bond acceptors (Lipinski definition) is 8. The normalized spacial score (nSPS) is 14.6. The molecule has 5 N–H and O–H groups in total. The summed E-state index contributed by atoms with van der Waals surface area (Å²) in [5, 5.41) is 3.92. The Balaban J connectivity index is 2.05. The lowest BCUT2D eigenvalue weighted by Crippen LogP contribution is -2.51. The number of nitrogens with two attached hydrogens (primary N) is 2. The van der Waals surface area contributed by atoms with Crippen LogP contribution < -0.4 is 26.8 Å². The molecular weight excluding hydrogens is 428 g/mol. The van der Waals surface area contributed by atoms with Crippen molar-refractivity contribution in [3.8, 4) is 0 Å². The molecule has 1 amide bonds. The van der Waals surface area contributed by atoms with Gasteiger partial charge in [-0.05, 0) is 26.3 Å². The number of nitrogens with zero attached hydrogens (tertiary/aromatic N) is 4. The highest BCUT2D eigenvalue weighted by atomic mass is 32.1. The van der Waals surface area contributed by atoms with E-state index >= 15 is 0 Å². The van der Waals surface area contributed by atoms with Crippen LogP contribution in [0.2, 0.25) is 0 Å². The Morgan fingerprint density at radius 1 is 1.26 bits per heavy atom. The number of piperazine rings is 1. The number of ether oxygens (including phenoxy) is 1. The number of carbonyl (C=O) groups excluding carboxylic acids is 1. The highest BCUT2D eigenvalue weighted by Gasteiger charge is 2.25. The van der Waals surface area contributed by atoms with E-state index in [1.807, 2.05) is 14.1 Å². The third-order valence-corrected chi connectivity index (χ3v) is 4.94. The van der Waals surface area contributed by atoms with Crippen molar-refractivity contribution < 1.29 is 18.3 Å². The second-order valence-electron chi connectivity index (χ2n) is 7.32. The molecule has 172 valence electrons. The first-order chi connectivity index (χ1) is 14.6. The number of nitrogens with one attached hydrogen (secondary N) is 1. The minimum Gasteiger partial charge on any atom is -0.474 e. The first-order valence-electron chi connectivity index (χ1n) is 9.60. The zero-order chi connectivity index (χ0) is 23.1. The Morgan fingerprint density at radius 3 is 2.35 bits per heavy atom. The Kier molecular flexibility index (Phi) is 8.77. The van der Waals surface area contributed by atoms with Crippen LogP contribution in [0.15, 0.2) is 24.0 Å². The van der Waals surface area contributed by atoms with Gasteiger partial charge in [-0.2, -0.15) is 0 Å². The smallest absolute Gasteiger partial charge is 0.256 e. The highest BCUT2D eigenvalue weighted by Crippen LogP contribution is 2.29. The molecule has 1 aliphatic rings. The highest BCUT2D eigenvalue weighted by molar-refractivity contribution is 7.80. The summed E-state index contributed by atoms with van der Waals surface area (Å²) in [5.41, 5.74) is 6.07. The van der Waals surface area contributed by atoms with E-state index in [0.29, 0.717) is 32.7 Å². The summed E-state index contributed by atoms with van der Waals surface area (Å²) >= 11 is 4.84. The van der Waals surface area contributed by atoms with E-state index in [9.17, 15) is 13.6 Å². The fraction of sp³-hybridized carbons (Fsp3) is 0.474. The van der Waals surface area contributed by atoms with Crippen molar-refractivity contribution in [1.82, 2.24) is 15.1 Å². The van der Waals surface area contributed by atoms with Gasteiger partial charge in [-0.3, -0.25) is 9.80 Å². The van der Waals surface area contributed by atoms with Gasteiger partial charge in [0.15, 0.2) is 11.6 Å². The monoisotopic (exact) mass is 457 g/mol. The van der Waals surface area contributed by atoms with Crippen molar-refractivity contribution in [3.63, 3.8) is 0 Å². The average molecular weight is 458 g/mol. The summed E-state index contributed by atoms with van der Waals surface area (Å²) in [5.74, 6) is 4.38. The zero-order valence-corrected chi connectivity index (χ0v) is 18.7. The second-order valence-corrected chi connectivity index (χ2v) is 7.69. The number of amides is 1. The quantitative estimate of drug-likeness (QED) is 0.300. The molecular formula is C19H29F2N7O2S. The van der Waals surface area contributed by atoms with E-state index in [1.165, 1.54) is 13.3 Å². The van der Waals surface area contributed by atoms with Crippen LogP contribution in [0.25, 0.3) is 0 Å². The van der Waals surface area contributed by atoms with Crippen LogP contribution in [-0.4, -0.2) is 81.4 Å². The summed E-state index contributed by atoms with van der Waals surface area (Å²) in [6, 6.07) is 2.28. The molecule has 0 atom stereocenters. The van der Waals surface area contributed by atoms with Gasteiger partial charge in [-0.15, -0.1) is 0 Å². The van der Waals surface area contributed by atoms with Gasteiger partial charge in [0.1, 0.15) is 5.69 Å². The van der Waals surface area contributed by atoms with Crippen LogP contribution in [0, 0.1) is 11.6 Å². The van der Waals surface area contributed by atoms with Gasteiger partial charge in [-0.25, -0.2) is 14.6 Å². The number of thiocarbonyl (C=S) groups is 1. The number of halogens is 2. The molecule has 0 aromatic heterocycles. The molecule has 1 fully saturated rings. The topological polar surface area (TPSA) is 103 Å². The van der Waals surface area contributed by atoms with Gasteiger partial charge in [0, 0.05) is 50.2 Å². The maximum atomic E-state index is 14.8. The van der Waals surface area contributed by atoms with Crippen LogP contribution in [0.5, 0.6) is 0 Å². The summed E-state index contributed by atoms with van der Waals surface area (Å²) in [4.78, 5) is 17.2. The summed E-state index contributed by atoms with van der Waals surface area (Å²) in [6.07, 6.45) is 1.33. The number of anilines is 2. The maximum Gasteiger partial charge on any atom is 0.256 e. The number of carbonyl (C=O) groups is 1. The third kappa shape index (κ3) is 6.91. The second kappa shape index (κ2) is 11.1. The SMILES string of the molecule is COC(=S)NC/C(N)=C/N(N)c1cc(F)c(N2CCN(C(=O)CN(C)C)CC2)c(F)c1. The minimum atomic E-state index is -0.746. The van der Waals surface area contributed by atoms with E-state index < -0.39 is 11.6 Å². The molecule has 0 saturated carbocycles. The number of benzene rings is 1. The van der Waals surface area contributed by atoms with Gasteiger partial charge in [0.25, 0.3) is 5.17 Å². The summed E-state index contributed by atoms with van der Waals surface area (Å²) < 4.78 is 34.3. The van der Waals surface area contributed by atoms with Gasteiger partial charge in [-0.1, -0.05) is 0 Å². The standard InChI is InChI=1S/C19H29F2N7O2S/c1-25(2)12-17(29)26-4-6-27(7-5-26)18-15(20)8-14(9-16(18)21)28(23)11-13(22)10-24-19(31)30-3/h8-9,11H,4-7,10,12,22-23H2,1-3H3,(H,24,31)/b13-11-. The molecule has 0 spiro atoms. The van der Waals surface area contributed by atoms with E-state index in [2.05, 4.69) is 5.32 Å².